The van der Waals surface area contributed by atoms with Gasteiger partial charge in [0.25, 0.3) is 5.56 Å². The van der Waals surface area contributed by atoms with Crippen molar-refractivity contribution in [2.45, 2.75) is 13.3 Å². The van der Waals surface area contributed by atoms with Crippen LogP contribution >= 0.6 is 0 Å². The van der Waals surface area contributed by atoms with Crippen LogP contribution in [0.1, 0.15) is 11.3 Å². The second kappa shape index (κ2) is 3.37. The molecule has 2 rings (SSSR count). The number of nitrogens with one attached hydrogen (secondary N) is 2. The zero-order valence-electron chi connectivity index (χ0n) is 8.29. The number of aromatic amines is 2. The Hall–Kier alpha value is -2.31. The Labute approximate surface area is 87.7 Å². The number of aryl methyl sites for hydroxylation is 1. The van der Waals surface area contributed by atoms with Crippen molar-refractivity contribution in [2.75, 3.05) is 0 Å². The number of aliphatic carboxylic acids is 1. The van der Waals surface area contributed by atoms with E-state index in [-0.39, 0.29) is 23.1 Å². The highest BCUT2D eigenvalue weighted by Gasteiger charge is 2.17. The van der Waals surface area contributed by atoms with E-state index in [1.807, 2.05) is 4.98 Å². The summed E-state index contributed by atoms with van der Waals surface area (Å²) in [6.07, 6.45) is -0.325. The minimum Gasteiger partial charge on any atom is -0.481 e. The summed E-state index contributed by atoms with van der Waals surface area (Å²) < 4.78 is 5.12. The normalized spacial score (nSPS) is 10.8. The number of carbonyl (C=O) groups is 1. The number of furan rings is 1. The fourth-order valence-corrected chi connectivity index (χ4v) is 1.57. The Morgan fingerprint density at radius 3 is 2.69 bits per heavy atom. The Morgan fingerprint density at radius 2 is 2.06 bits per heavy atom. The molecule has 0 aliphatic heterocycles. The van der Waals surface area contributed by atoms with E-state index in [1.165, 1.54) is 6.92 Å². The SMILES string of the molecule is Cc1oc2[nH]c(=O)[nH]c(=O)c2c1CC(=O)O. The molecule has 0 aromatic carbocycles. The van der Waals surface area contributed by atoms with Crippen molar-refractivity contribution < 1.29 is 14.3 Å². The van der Waals surface area contributed by atoms with Crippen molar-refractivity contribution in [3.63, 3.8) is 0 Å². The van der Waals surface area contributed by atoms with Crippen LogP contribution in [0.3, 0.4) is 0 Å². The third-order valence-electron chi connectivity index (χ3n) is 2.22. The number of aromatic nitrogens is 2. The van der Waals surface area contributed by atoms with Gasteiger partial charge in [-0.25, -0.2) is 4.79 Å². The Bertz CT molecular complexity index is 675. The van der Waals surface area contributed by atoms with Crippen LogP contribution in [0, 0.1) is 6.92 Å². The van der Waals surface area contributed by atoms with Crippen LogP contribution in [-0.2, 0) is 11.2 Å². The molecule has 16 heavy (non-hydrogen) atoms. The monoisotopic (exact) mass is 224 g/mol. The first-order chi connectivity index (χ1) is 7.49. The fourth-order valence-electron chi connectivity index (χ4n) is 1.57. The number of carboxylic acids is 1. The van der Waals surface area contributed by atoms with E-state index in [1.54, 1.807) is 0 Å². The smallest absolute Gasteiger partial charge is 0.328 e. The highest BCUT2D eigenvalue weighted by atomic mass is 16.4. The summed E-state index contributed by atoms with van der Waals surface area (Å²) in [6, 6.07) is 0. The maximum atomic E-state index is 11.5. The molecule has 0 aliphatic carbocycles. The molecule has 84 valence electrons. The molecule has 2 aromatic rings. The second-order valence-electron chi connectivity index (χ2n) is 3.32. The molecule has 0 fully saturated rings. The van der Waals surface area contributed by atoms with Gasteiger partial charge in [-0.2, -0.15) is 0 Å². The summed E-state index contributed by atoms with van der Waals surface area (Å²) in [5.74, 6) is -0.763. The molecular weight excluding hydrogens is 216 g/mol. The van der Waals surface area contributed by atoms with Gasteiger partial charge in [0.15, 0.2) is 0 Å². The van der Waals surface area contributed by atoms with Gasteiger partial charge in [-0.1, -0.05) is 0 Å². The van der Waals surface area contributed by atoms with Gasteiger partial charge in [-0.05, 0) is 6.92 Å². The van der Waals surface area contributed by atoms with Gasteiger partial charge in [-0.3, -0.25) is 19.6 Å². The van der Waals surface area contributed by atoms with Gasteiger partial charge in [0, 0.05) is 5.56 Å². The van der Waals surface area contributed by atoms with Crippen LogP contribution in [0.15, 0.2) is 14.0 Å². The zero-order valence-corrected chi connectivity index (χ0v) is 8.29. The predicted octanol–water partition coefficient (Wildman–Crippen LogP) is -0.255. The highest BCUT2D eigenvalue weighted by Crippen LogP contribution is 2.20. The predicted molar refractivity (Wildman–Crippen MR) is 53.5 cm³/mol. The lowest BCUT2D eigenvalue weighted by Gasteiger charge is -1.92. The summed E-state index contributed by atoms with van der Waals surface area (Å²) in [7, 11) is 0. The van der Waals surface area contributed by atoms with Crippen molar-refractivity contribution in [3.05, 3.63) is 32.2 Å². The van der Waals surface area contributed by atoms with Gasteiger partial charge in [0.2, 0.25) is 5.71 Å². The summed E-state index contributed by atoms with van der Waals surface area (Å²) in [5, 5.41) is 8.77. The zero-order chi connectivity index (χ0) is 11.9. The molecule has 0 saturated carbocycles. The van der Waals surface area contributed by atoms with Gasteiger partial charge in [0.05, 0.1) is 6.42 Å². The molecule has 3 N–H and O–H groups in total. The lowest BCUT2D eigenvalue weighted by Crippen LogP contribution is -2.22. The van der Waals surface area contributed by atoms with Crippen LogP contribution in [0.4, 0.5) is 0 Å². The number of hydrogen-bond donors (Lipinski definition) is 3. The van der Waals surface area contributed by atoms with E-state index in [0.717, 1.165) is 0 Å². The molecule has 0 amide bonds. The number of H-pyrrole nitrogens is 2. The molecule has 0 spiro atoms. The minimum absolute atomic E-state index is 0.00231. The van der Waals surface area contributed by atoms with E-state index in [0.29, 0.717) is 5.76 Å². The highest BCUT2D eigenvalue weighted by molar-refractivity contribution is 5.83. The quantitative estimate of drug-likeness (QED) is 0.650. The third kappa shape index (κ3) is 1.52. The van der Waals surface area contributed by atoms with Gasteiger partial charge < -0.3 is 9.52 Å². The summed E-state index contributed by atoms with van der Waals surface area (Å²) in [5.41, 5.74) is -1.05. The summed E-state index contributed by atoms with van der Waals surface area (Å²) in [6.45, 7) is 1.54. The topological polar surface area (TPSA) is 116 Å². The summed E-state index contributed by atoms with van der Waals surface area (Å²) >= 11 is 0. The Morgan fingerprint density at radius 1 is 1.38 bits per heavy atom. The van der Waals surface area contributed by atoms with Crippen LogP contribution in [0.5, 0.6) is 0 Å². The molecule has 2 heterocycles. The molecule has 0 radical (unpaired) electrons. The number of fused-ring (bicyclic) bond motifs is 1. The van der Waals surface area contributed by atoms with Gasteiger partial charge in [0.1, 0.15) is 11.1 Å². The molecule has 7 nitrogen and oxygen atoms in total. The van der Waals surface area contributed by atoms with Crippen molar-refractivity contribution >= 4 is 17.1 Å². The van der Waals surface area contributed by atoms with Crippen LogP contribution in [0.2, 0.25) is 0 Å². The van der Waals surface area contributed by atoms with Crippen LogP contribution in [-0.4, -0.2) is 21.0 Å². The van der Waals surface area contributed by atoms with Crippen molar-refractivity contribution in [3.8, 4) is 0 Å². The van der Waals surface area contributed by atoms with Crippen molar-refractivity contribution in [1.82, 2.24) is 9.97 Å². The van der Waals surface area contributed by atoms with E-state index >= 15 is 0 Å². The largest absolute Gasteiger partial charge is 0.481 e. The van der Waals surface area contributed by atoms with Crippen molar-refractivity contribution in [2.24, 2.45) is 0 Å². The molecule has 0 aliphatic rings. The Balaban J connectivity index is 2.84. The molecular formula is C9H8N2O5. The molecule has 0 bridgehead atoms. The lowest BCUT2D eigenvalue weighted by molar-refractivity contribution is -0.136. The molecule has 0 saturated heterocycles. The van der Waals surface area contributed by atoms with E-state index < -0.39 is 17.2 Å². The van der Waals surface area contributed by atoms with Gasteiger partial charge >= 0.3 is 11.7 Å². The van der Waals surface area contributed by atoms with Crippen LogP contribution in [0.25, 0.3) is 11.1 Å². The maximum Gasteiger partial charge on any atom is 0.328 e. The summed E-state index contributed by atoms with van der Waals surface area (Å²) in [4.78, 5) is 37.4. The number of rotatable bonds is 2. The second-order valence-corrected chi connectivity index (χ2v) is 3.32. The van der Waals surface area contributed by atoms with Gasteiger partial charge in [-0.15, -0.1) is 0 Å². The first-order valence-corrected chi connectivity index (χ1v) is 4.45. The molecule has 2 aromatic heterocycles. The van der Waals surface area contributed by atoms with Crippen LogP contribution < -0.4 is 11.2 Å². The molecule has 0 atom stereocenters. The Kier molecular flexibility index (Phi) is 2.15. The van der Waals surface area contributed by atoms with Crippen molar-refractivity contribution in [1.29, 1.82) is 0 Å². The minimum atomic E-state index is -1.07. The fraction of sp³-hybridized carbons (Fsp3) is 0.222. The first kappa shape index (κ1) is 10.2. The maximum absolute atomic E-state index is 11.5. The van der Waals surface area contributed by atoms with E-state index in [9.17, 15) is 14.4 Å². The average molecular weight is 224 g/mol. The number of hydrogen-bond acceptors (Lipinski definition) is 4. The molecule has 7 heteroatoms. The standard InChI is InChI=1S/C9H8N2O5/c1-3-4(2-5(12)13)6-7(14)10-9(15)11-8(6)16-3/h2H2,1H3,(H,12,13)(H2,10,11,14,15). The third-order valence-corrected chi connectivity index (χ3v) is 2.22. The van der Waals surface area contributed by atoms with E-state index in [4.69, 9.17) is 9.52 Å². The number of carboxylic acid groups (broad SMARTS) is 1. The first-order valence-electron chi connectivity index (χ1n) is 4.45. The lowest BCUT2D eigenvalue weighted by atomic mass is 10.1. The molecule has 0 unspecified atom stereocenters. The average Bonchev–Trinajstić information content (AvgIpc) is 2.41. The van der Waals surface area contributed by atoms with E-state index in [2.05, 4.69) is 4.98 Å².